The fourth-order valence-electron chi connectivity index (χ4n) is 5.47. The molecule has 4 aliphatic heterocycles. The molecule has 2 N–H and O–H groups in total. The molecule has 9 nitrogen and oxygen atoms in total. The Morgan fingerprint density at radius 3 is 2.26 bits per heavy atom. The van der Waals surface area contributed by atoms with Crippen molar-refractivity contribution in [2.24, 2.45) is 5.92 Å². The molecule has 4 amide bonds. The van der Waals surface area contributed by atoms with E-state index in [1.54, 1.807) is 0 Å². The molecule has 1 unspecified atom stereocenters. The number of fused-ring (bicyclic) bond motifs is 1. The van der Waals surface area contributed by atoms with Gasteiger partial charge >= 0.3 is 0 Å². The van der Waals surface area contributed by atoms with Crippen molar-refractivity contribution in [3.05, 3.63) is 29.1 Å². The van der Waals surface area contributed by atoms with E-state index in [9.17, 15) is 19.2 Å². The van der Waals surface area contributed by atoms with Crippen molar-refractivity contribution in [3.8, 4) is 0 Å². The summed E-state index contributed by atoms with van der Waals surface area (Å²) < 4.78 is 15.0. The summed E-state index contributed by atoms with van der Waals surface area (Å²) in [5.74, 6) is -2.19. The summed E-state index contributed by atoms with van der Waals surface area (Å²) in [7, 11) is 0. The number of anilines is 1. The number of hydrogen-bond donors (Lipinski definition) is 2. The average Bonchev–Trinajstić information content (AvgIpc) is 3.07. The topological polar surface area (TPSA) is 102 Å². The van der Waals surface area contributed by atoms with Crippen LogP contribution in [0.1, 0.15) is 52.8 Å². The predicted octanol–water partition coefficient (Wildman–Crippen LogP) is 0.739. The van der Waals surface area contributed by atoms with Gasteiger partial charge in [-0.25, -0.2) is 4.39 Å². The molecular formula is C24H30FN5O4. The summed E-state index contributed by atoms with van der Waals surface area (Å²) >= 11 is 0. The van der Waals surface area contributed by atoms with Crippen LogP contribution in [-0.4, -0.2) is 85.3 Å². The van der Waals surface area contributed by atoms with Crippen molar-refractivity contribution in [3.63, 3.8) is 0 Å². The maximum absolute atomic E-state index is 15.0. The summed E-state index contributed by atoms with van der Waals surface area (Å²) in [5.41, 5.74) is 0.388. The lowest BCUT2D eigenvalue weighted by Crippen LogP contribution is -2.54. The molecule has 0 aromatic heterocycles. The van der Waals surface area contributed by atoms with Gasteiger partial charge in [0, 0.05) is 32.6 Å². The maximum Gasteiger partial charge on any atom is 0.262 e. The number of nitrogens with zero attached hydrogens (tertiary/aromatic N) is 3. The molecule has 34 heavy (non-hydrogen) atoms. The van der Waals surface area contributed by atoms with Crippen molar-refractivity contribution in [2.75, 3.05) is 50.7 Å². The Morgan fingerprint density at radius 1 is 0.912 bits per heavy atom. The van der Waals surface area contributed by atoms with Gasteiger partial charge in [0.05, 0.1) is 16.8 Å². The second-order valence-electron chi connectivity index (χ2n) is 9.61. The summed E-state index contributed by atoms with van der Waals surface area (Å²) in [6.45, 7) is 6.14. The molecule has 3 fully saturated rings. The van der Waals surface area contributed by atoms with Gasteiger partial charge in [-0.2, -0.15) is 0 Å². The summed E-state index contributed by atoms with van der Waals surface area (Å²) in [5, 5.41) is 5.56. The molecule has 10 heteroatoms. The predicted molar refractivity (Wildman–Crippen MR) is 122 cm³/mol. The third kappa shape index (κ3) is 4.32. The molecule has 0 aliphatic carbocycles. The van der Waals surface area contributed by atoms with Crippen LogP contribution in [0.3, 0.4) is 0 Å². The van der Waals surface area contributed by atoms with E-state index in [-0.39, 0.29) is 24.0 Å². The molecule has 1 aromatic rings. The van der Waals surface area contributed by atoms with Gasteiger partial charge in [-0.3, -0.25) is 34.3 Å². The highest BCUT2D eigenvalue weighted by molar-refractivity contribution is 6.23. The maximum atomic E-state index is 15.0. The Morgan fingerprint density at radius 2 is 1.59 bits per heavy atom. The normalized spacial score (nSPS) is 24.6. The van der Waals surface area contributed by atoms with E-state index in [2.05, 4.69) is 15.5 Å². The fourth-order valence-corrected chi connectivity index (χ4v) is 5.47. The van der Waals surface area contributed by atoms with Crippen LogP contribution in [-0.2, 0) is 9.59 Å². The lowest BCUT2D eigenvalue weighted by molar-refractivity contribution is -0.136. The second-order valence-corrected chi connectivity index (χ2v) is 9.61. The van der Waals surface area contributed by atoms with Crippen molar-refractivity contribution >= 4 is 29.3 Å². The van der Waals surface area contributed by atoms with E-state index in [1.807, 2.05) is 4.90 Å². The first-order chi connectivity index (χ1) is 16.4. The van der Waals surface area contributed by atoms with Crippen molar-refractivity contribution in [2.45, 2.75) is 38.1 Å². The highest BCUT2D eigenvalue weighted by Gasteiger charge is 2.45. The van der Waals surface area contributed by atoms with Crippen LogP contribution in [0.4, 0.5) is 10.1 Å². The number of benzene rings is 1. The smallest absolute Gasteiger partial charge is 0.262 e. The molecule has 0 bridgehead atoms. The summed E-state index contributed by atoms with van der Waals surface area (Å²) in [6.07, 6.45) is 3.75. The van der Waals surface area contributed by atoms with E-state index in [4.69, 9.17) is 0 Å². The first-order valence-corrected chi connectivity index (χ1v) is 12.2. The first-order valence-electron chi connectivity index (χ1n) is 12.2. The molecule has 4 heterocycles. The van der Waals surface area contributed by atoms with Crippen LogP contribution in [0.25, 0.3) is 0 Å². The number of nitrogens with one attached hydrogen (secondary N) is 2. The Bertz CT molecular complexity index is 1020. The monoisotopic (exact) mass is 471 g/mol. The minimum atomic E-state index is -1.06. The molecule has 4 aliphatic rings. The Kier molecular flexibility index (Phi) is 6.35. The van der Waals surface area contributed by atoms with Crippen LogP contribution < -0.4 is 15.5 Å². The molecule has 1 atom stereocenters. The lowest BCUT2D eigenvalue weighted by atomic mass is 9.94. The SMILES string of the molecule is O=C1CCC(N2C(=O)c3cc(F)c(N4CCN(CCC5CCNCC5)CC4)cc3C2=O)C(=O)N1. The summed E-state index contributed by atoms with van der Waals surface area (Å²) in [6, 6.07) is 1.50. The van der Waals surface area contributed by atoms with Gasteiger partial charge in [0.2, 0.25) is 11.8 Å². The van der Waals surface area contributed by atoms with E-state index in [0.717, 1.165) is 49.6 Å². The zero-order valence-corrected chi connectivity index (χ0v) is 19.1. The molecule has 0 radical (unpaired) electrons. The number of carbonyl (C=O) groups excluding carboxylic acids is 4. The van der Waals surface area contributed by atoms with Crippen LogP contribution in [0.5, 0.6) is 0 Å². The van der Waals surface area contributed by atoms with Gasteiger partial charge in [0.15, 0.2) is 0 Å². The highest BCUT2D eigenvalue weighted by atomic mass is 19.1. The molecule has 3 saturated heterocycles. The minimum absolute atomic E-state index is 0.0310. The molecule has 0 saturated carbocycles. The number of hydrogen-bond acceptors (Lipinski definition) is 7. The van der Waals surface area contributed by atoms with Gasteiger partial charge in [0.1, 0.15) is 11.9 Å². The van der Waals surface area contributed by atoms with E-state index in [0.29, 0.717) is 18.8 Å². The fraction of sp³-hybridized carbons (Fsp3) is 0.583. The van der Waals surface area contributed by atoms with E-state index in [1.165, 1.54) is 25.3 Å². The van der Waals surface area contributed by atoms with E-state index >= 15 is 4.39 Å². The zero-order chi connectivity index (χ0) is 23.8. The molecule has 0 spiro atoms. The first kappa shape index (κ1) is 22.9. The molecule has 5 rings (SSSR count). The zero-order valence-electron chi connectivity index (χ0n) is 19.1. The Labute approximate surface area is 197 Å². The van der Waals surface area contributed by atoms with Crippen LogP contribution >= 0.6 is 0 Å². The lowest BCUT2D eigenvalue weighted by Gasteiger charge is -2.37. The van der Waals surface area contributed by atoms with Gasteiger partial charge in [-0.15, -0.1) is 0 Å². The minimum Gasteiger partial charge on any atom is -0.367 e. The number of rotatable bonds is 5. The Balaban J connectivity index is 1.25. The van der Waals surface area contributed by atoms with Crippen molar-refractivity contribution in [1.82, 2.24) is 20.4 Å². The number of amides is 4. The number of piperazine rings is 1. The molecular weight excluding hydrogens is 441 g/mol. The summed E-state index contributed by atoms with van der Waals surface area (Å²) in [4.78, 5) is 54.8. The average molecular weight is 472 g/mol. The van der Waals surface area contributed by atoms with E-state index < -0.39 is 35.5 Å². The van der Waals surface area contributed by atoms with Crippen LogP contribution in [0, 0.1) is 11.7 Å². The van der Waals surface area contributed by atoms with Gasteiger partial charge < -0.3 is 10.2 Å². The third-order valence-corrected chi connectivity index (χ3v) is 7.53. The molecule has 1 aromatic carbocycles. The third-order valence-electron chi connectivity index (χ3n) is 7.53. The highest BCUT2D eigenvalue weighted by Crippen LogP contribution is 2.33. The standard InChI is InChI=1S/C24H30FN5O4/c25-18-13-16-17(24(34)30(23(16)33)19-1-2-21(31)27-22(19)32)14-20(18)29-11-9-28(10-12-29)8-5-15-3-6-26-7-4-15/h13-15,19,26H,1-12H2,(H,27,31,32). The molecule has 182 valence electrons. The Hall–Kier alpha value is -2.85. The van der Waals surface area contributed by atoms with Crippen molar-refractivity contribution < 1.29 is 23.6 Å². The van der Waals surface area contributed by atoms with Crippen LogP contribution in [0.2, 0.25) is 0 Å². The van der Waals surface area contributed by atoms with Crippen LogP contribution in [0.15, 0.2) is 12.1 Å². The van der Waals surface area contributed by atoms with Gasteiger partial charge in [-0.1, -0.05) is 0 Å². The van der Waals surface area contributed by atoms with Crippen molar-refractivity contribution in [1.29, 1.82) is 0 Å². The quantitative estimate of drug-likeness (QED) is 0.611. The number of piperidine rings is 2. The number of imide groups is 2. The number of halogens is 1. The largest absolute Gasteiger partial charge is 0.367 e. The second kappa shape index (κ2) is 9.42. The number of carbonyl (C=O) groups is 4. The van der Waals surface area contributed by atoms with Gasteiger partial charge in [-0.05, 0) is 63.4 Å². The van der Waals surface area contributed by atoms with Gasteiger partial charge in [0.25, 0.3) is 11.8 Å².